The zero-order valence-corrected chi connectivity index (χ0v) is 10.4. The minimum absolute atomic E-state index is 0.232. The van der Waals surface area contributed by atoms with E-state index in [9.17, 15) is 12.9 Å². The number of halogens is 3. The van der Waals surface area contributed by atoms with Gasteiger partial charge in [-0.25, -0.2) is 0 Å². The van der Waals surface area contributed by atoms with Gasteiger partial charge in [0.15, 0.2) is 0 Å². The second-order valence-corrected chi connectivity index (χ2v) is 4.41. The summed E-state index contributed by atoms with van der Waals surface area (Å²) in [4.78, 5) is 0. The first-order valence-corrected chi connectivity index (χ1v) is 5.95. The van der Waals surface area contributed by atoms with Crippen molar-refractivity contribution in [2.24, 2.45) is 0 Å². The first-order valence-electron chi connectivity index (χ1n) is 5.95. The van der Waals surface area contributed by atoms with E-state index < -0.39 is 13.5 Å². The van der Waals surface area contributed by atoms with Crippen LogP contribution >= 0.6 is 0 Å². The van der Waals surface area contributed by atoms with Crippen LogP contribution in [0.25, 0.3) is 11.1 Å². The standard InChI is InChI=1S/C14H13BF3O/c1-11-2-4-12(5-3-11)13-6-8-14(9-7-13)19-10-15(16,17)18/h2-9H,10H2,1H3/q-1. The maximum absolute atomic E-state index is 12.1. The Hall–Kier alpha value is -1.91. The first-order chi connectivity index (χ1) is 8.94. The molecule has 2 aromatic carbocycles. The molecule has 0 saturated heterocycles. The molecule has 2 aromatic rings. The van der Waals surface area contributed by atoms with Gasteiger partial charge in [-0.1, -0.05) is 42.0 Å². The van der Waals surface area contributed by atoms with Crippen LogP contribution in [0.15, 0.2) is 48.5 Å². The summed E-state index contributed by atoms with van der Waals surface area (Å²) in [7, 11) is 0. The van der Waals surface area contributed by atoms with Crippen molar-refractivity contribution in [3.8, 4) is 16.9 Å². The van der Waals surface area contributed by atoms with Gasteiger partial charge in [0.25, 0.3) is 0 Å². The Morgan fingerprint density at radius 3 is 1.79 bits per heavy atom. The molecule has 0 unspecified atom stereocenters. The molecule has 0 spiro atoms. The number of aryl methyl sites for hydroxylation is 1. The van der Waals surface area contributed by atoms with Crippen LogP contribution in [0.5, 0.6) is 5.75 Å². The number of hydrogen-bond donors (Lipinski definition) is 0. The van der Waals surface area contributed by atoms with Gasteiger partial charge in [0.1, 0.15) is 5.75 Å². The van der Waals surface area contributed by atoms with Crippen LogP contribution in [0.4, 0.5) is 12.9 Å². The molecule has 100 valence electrons. The third-order valence-electron chi connectivity index (χ3n) is 2.68. The molecular weight excluding hydrogens is 252 g/mol. The van der Waals surface area contributed by atoms with Gasteiger partial charge in [-0.3, -0.25) is 0 Å². The van der Waals surface area contributed by atoms with Crippen molar-refractivity contribution < 1.29 is 17.7 Å². The summed E-state index contributed by atoms with van der Waals surface area (Å²) in [5, 5.41) is 0. The smallest absolute Gasteiger partial charge is 0.515 e. The molecule has 0 N–H and O–H groups in total. The summed E-state index contributed by atoms with van der Waals surface area (Å²) < 4.78 is 40.9. The molecule has 0 bridgehead atoms. The highest BCUT2D eigenvalue weighted by atomic mass is 19.4. The van der Waals surface area contributed by atoms with E-state index in [2.05, 4.69) is 4.74 Å². The molecule has 0 aliphatic heterocycles. The number of rotatable bonds is 4. The van der Waals surface area contributed by atoms with Crippen LogP contribution < -0.4 is 4.74 Å². The SMILES string of the molecule is Cc1ccc(-c2ccc(OC[B-](F)(F)F)cc2)cc1. The largest absolute Gasteiger partial charge is 0.522 e. The van der Waals surface area contributed by atoms with E-state index >= 15 is 0 Å². The number of ether oxygens (including phenoxy) is 1. The lowest BCUT2D eigenvalue weighted by Crippen LogP contribution is -2.26. The van der Waals surface area contributed by atoms with Gasteiger partial charge >= 0.3 is 6.98 Å². The zero-order valence-electron chi connectivity index (χ0n) is 10.4. The molecule has 5 heteroatoms. The van der Waals surface area contributed by atoms with E-state index in [1.807, 2.05) is 31.2 Å². The van der Waals surface area contributed by atoms with Crippen LogP contribution in [0, 0.1) is 6.92 Å². The van der Waals surface area contributed by atoms with Crippen molar-refractivity contribution in [3.05, 3.63) is 54.1 Å². The molecule has 2 rings (SSSR count). The van der Waals surface area contributed by atoms with Crippen molar-refractivity contribution >= 4 is 6.98 Å². The molecule has 0 aliphatic rings. The third-order valence-corrected chi connectivity index (χ3v) is 2.68. The lowest BCUT2D eigenvalue weighted by Gasteiger charge is -2.15. The lowest BCUT2D eigenvalue weighted by atomic mass is 9.95. The van der Waals surface area contributed by atoms with Crippen molar-refractivity contribution in [2.75, 3.05) is 6.51 Å². The fourth-order valence-electron chi connectivity index (χ4n) is 1.68. The summed E-state index contributed by atoms with van der Waals surface area (Å²) in [6.45, 7) is -4.12. The van der Waals surface area contributed by atoms with Crippen LogP contribution in [0.1, 0.15) is 5.56 Å². The molecule has 1 nitrogen and oxygen atoms in total. The molecule has 0 radical (unpaired) electrons. The Morgan fingerprint density at radius 2 is 1.32 bits per heavy atom. The summed E-state index contributed by atoms with van der Waals surface area (Å²) in [6, 6.07) is 14.5. The molecule has 0 amide bonds. The molecule has 0 aromatic heterocycles. The third kappa shape index (κ3) is 4.05. The fraction of sp³-hybridized carbons (Fsp3) is 0.143. The van der Waals surface area contributed by atoms with Crippen LogP contribution in [0.2, 0.25) is 0 Å². The minimum atomic E-state index is -4.91. The second-order valence-electron chi connectivity index (χ2n) is 4.41. The molecule has 0 fully saturated rings. The Labute approximate surface area is 110 Å². The Balaban J connectivity index is 2.08. The van der Waals surface area contributed by atoms with Crippen molar-refractivity contribution in [1.82, 2.24) is 0 Å². The molecule has 0 aliphatic carbocycles. The van der Waals surface area contributed by atoms with Gasteiger partial charge in [0.2, 0.25) is 0 Å². The molecule has 0 heterocycles. The van der Waals surface area contributed by atoms with Crippen LogP contribution in [-0.4, -0.2) is 13.5 Å². The minimum Gasteiger partial charge on any atom is -0.522 e. The maximum atomic E-state index is 12.1. The summed E-state index contributed by atoms with van der Waals surface area (Å²) in [6.07, 6.45) is 0. The first kappa shape index (κ1) is 13.5. The average molecular weight is 265 g/mol. The zero-order chi connectivity index (χ0) is 13.9. The maximum Gasteiger partial charge on any atom is 0.515 e. The van der Waals surface area contributed by atoms with Crippen molar-refractivity contribution in [1.29, 1.82) is 0 Å². The van der Waals surface area contributed by atoms with Crippen LogP contribution in [-0.2, 0) is 0 Å². The van der Waals surface area contributed by atoms with E-state index in [4.69, 9.17) is 0 Å². The van der Waals surface area contributed by atoms with Crippen molar-refractivity contribution in [3.63, 3.8) is 0 Å². The van der Waals surface area contributed by atoms with E-state index in [0.717, 1.165) is 16.7 Å². The summed E-state index contributed by atoms with van der Waals surface area (Å²) in [5.74, 6) is 0.232. The predicted octanol–water partition coefficient (Wildman–Crippen LogP) is 4.43. The normalized spacial score (nSPS) is 11.4. The Kier molecular flexibility index (Phi) is 3.83. The molecule has 0 atom stereocenters. The monoisotopic (exact) mass is 265 g/mol. The van der Waals surface area contributed by atoms with E-state index in [1.54, 1.807) is 24.3 Å². The van der Waals surface area contributed by atoms with Gasteiger partial charge in [0, 0.05) is 0 Å². The fourth-order valence-corrected chi connectivity index (χ4v) is 1.68. The van der Waals surface area contributed by atoms with E-state index in [1.165, 1.54) is 0 Å². The number of hydrogen-bond acceptors (Lipinski definition) is 1. The van der Waals surface area contributed by atoms with E-state index in [-0.39, 0.29) is 5.75 Å². The summed E-state index contributed by atoms with van der Waals surface area (Å²) >= 11 is 0. The summed E-state index contributed by atoms with van der Waals surface area (Å²) in [5.41, 5.74) is 3.14. The van der Waals surface area contributed by atoms with Gasteiger partial charge in [-0.15, -0.1) is 0 Å². The highest BCUT2D eigenvalue weighted by molar-refractivity contribution is 6.58. The lowest BCUT2D eigenvalue weighted by molar-refractivity contribution is 0.313. The van der Waals surface area contributed by atoms with Crippen LogP contribution in [0.3, 0.4) is 0 Å². The predicted molar refractivity (Wildman–Crippen MR) is 71.2 cm³/mol. The Morgan fingerprint density at radius 1 is 0.842 bits per heavy atom. The highest BCUT2D eigenvalue weighted by Crippen LogP contribution is 2.23. The average Bonchev–Trinajstić information content (AvgIpc) is 2.37. The quantitative estimate of drug-likeness (QED) is 0.743. The van der Waals surface area contributed by atoms with Gasteiger partial charge in [-0.05, 0) is 30.2 Å². The second kappa shape index (κ2) is 5.39. The van der Waals surface area contributed by atoms with Gasteiger partial charge in [0.05, 0.1) is 6.51 Å². The van der Waals surface area contributed by atoms with E-state index in [0.29, 0.717) is 0 Å². The van der Waals surface area contributed by atoms with Gasteiger partial charge < -0.3 is 17.7 Å². The van der Waals surface area contributed by atoms with Gasteiger partial charge in [-0.2, -0.15) is 0 Å². The van der Waals surface area contributed by atoms with Crippen molar-refractivity contribution in [2.45, 2.75) is 6.92 Å². The Bertz CT molecular complexity index is 532. The molecule has 19 heavy (non-hydrogen) atoms. The number of benzene rings is 2. The topological polar surface area (TPSA) is 9.23 Å². The highest BCUT2D eigenvalue weighted by Gasteiger charge is 2.24. The molecule has 0 saturated carbocycles. The molecular formula is C14H13BF3O-.